The van der Waals surface area contributed by atoms with E-state index >= 15 is 0 Å². The largest absolute Gasteiger partial charge is 0.478 e. The number of amides is 2. The molecule has 4 aromatic rings. The summed E-state index contributed by atoms with van der Waals surface area (Å²) >= 11 is 0. The first-order valence-electron chi connectivity index (χ1n) is 14.5. The number of carbonyl (C=O) groups is 3. The normalized spacial score (nSPS) is 16.8. The molecular weight excluding hydrogens is 532 g/mol. The lowest BCUT2D eigenvalue weighted by atomic mass is 9.93. The summed E-state index contributed by atoms with van der Waals surface area (Å²) in [6.45, 7) is 0. The standard InChI is InChI=1S/C33H34N4O5/c1-37-27-18-23(11-14-25(27)29(22-6-2-3-7-22)30(37)26-19-42-20-34-26)31(40)36-33(16-4-5-17-33)32(41)35-24-12-8-21(9-13-24)10-15-28(38)39/h8-15,18-20,22H,2-7,16-17H2,1H3,(H,35,41)(H,36,40)(H,38,39)/b15-10+. The highest BCUT2D eigenvalue weighted by atomic mass is 16.4. The second kappa shape index (κ2) is 11.3. The van der Waals surface area contributed by atoms with E-state index in [1.54, 1.807) is 30.5 Å². The molecule has 6 rings (SSSR count). The number of nitrogens with zero attached hydrogens (tertiary/aromatic N) is 2. The molecule has 42 heavy (non-hydrogen) atoms. The molecule has 0 saturated heterocycles. The van der Waals surface area contributed by atoms with Crippen LogP contribution in [0.5, 0.6) is 0 Å². The van der Waals surface area contributed by atoms with Crippen molar-refractivity contribution in [1.29, 1.82) is 0 Å². The molecule has 2 saturated carbocycles. The lowest BCUT2D eigenvalue weighted by molar-refractivity contribution is -0.131. The number of hydrogen-bond acceptors (Lipinski definition) is 5. The second-order valence-corrected chi connectivity index (χ2v) is 11.4. The summed E-state index contributed by atoms with van der Waals surface area (Å²) in [5.41, 5.74) is 4.81. The van der Waals surface area contributed by atoms with E-state index in [2.05, 4.69) is 20.2 Å². The number of anilines is 1. The van der Waals surface area contributed by atoms with Crippen LogP contribution in [-0.2, 0) is 16.6 Å². The number of rotatable bonds is 8. The van der Waals surface area contributed by atoms with Crippen molar-refractivity contribution in [2.45, 2.75) is 62.8 Å². The molecular formula is C33H34N4O5. The Labute approximate surface area is 243 Å². The highest BCUT2D eigenvalue weighted by Crippen LogP contribution is 2.44. The van der Waals surface area contributed by atoms with Gasteiger partial charge in [0.1, 0.15) is 17.5 Å². The maximum absolute atomic E-state index is 13.7. The Balaban J connectivity index is 1.26. The van der Waals surface area contributed by atoms with Crippen LogP contribution in [0.3, 0.4) is 0 Å². The number of hydrogen-bond donors (Lipinski definition) is 3. The van der Waals surface area contributed by atoms with Gasteiger partial charge in [0, 0.05) is 35.3 Å². The first-order chi connectivity index (χ1) is 20.3. The van der Waals surface area contributed by atoms with E-state index in [0.717, 1.165) is 54.1 Å². The molecule has 2 aliphatic rings. The van der Waals surface area contributed by atoms with Gasteiger partial charge in [-0.1, -0.05) is 43.9 Å². The van der Waals surface area contributed by atoms with Gasteiger partial charge >= 0.3 is 5.97 Å². The molecule has 2 amide bonds. The van der Waals surface area contributed by atoms with Gasteiger partial charge in [-0.25, -0.2) is 9.78 Å². The molecule has 0 spiro atoms. The van der Waals surface area contributed by atoms with E-state index in [-0.39, 0.29) is 11.8 Å². The van der Waals surface area contributed by atoms with Crippen LogP contribution in [-0.4, -0.2) is 38.0 Å². The van der Waals surface area contributed by atoms with E-state index in [1.807, 2.05) is 25.2 Å². The molecule has 3 N–H and O–H groups in total. The molecule has 9 heteroatoms. The molecule has 0 aliphatic heterocycles. The van der Waals surface area contributed by atoms with Crippen LogP contribution in [0.1, 0.15) is 78.8 Å². The van der Waals surface area contributed by atoms with Crippen molar-refractivity contribution in [3.05, 3.63) is 77.9 Å². The molecule has 2 heterocycles. The monoisotopic (exact) mass is 566 g/mol. The van der Waals surface area contributed by atoms with Crippen molar-refractivity contribution in [3.8, 4) is 11.4 Å². The van der Waals surface area contributed by atoms with Crippen LogP contribution in [0.2, 0.25) is 0 Å². The molecule has 0 bridgehead atoms. The molecule has 0 atom stereocenters. The van der Waals surface area contributed by atoms with Crippen molar-refractivity contribution < 1.29 is 23.9 Å². The average molecular weight is 567 g/mol. The Bertz CT molecular complexity index is 1650. The highest BCUT2D eigenvalue weighted by Gasteiger charge is 2.42. The smallest absolute Gasteiger partial charge is 0.328 e. The SMILES string of the molecule is Cn1c(-c2cocn2)c(C2CCCC2)c2ccc(C(=O)NC3(C(=O)Nc4ccc(/C=C/C(=O)O)cc4)CCCC3)cc21. The number of benzene rings is 2. The lowest BCUT2D eigenvalue weighted by Crippen LogP contribution is -2.55. The van der Waals surface area contributed by atoms with Crippen molar-refractivity contribution >= 4 is 40.4 Å². The Morgan fingerprint density at radius 2 is 1.79 bits per heavy atom. The minimum atomic E-state index is -1.03. The number of oxazole rings is 1. The van der Waals surface area contributed by atoms with E-state index < -0.39 is 11.5 Å². The van der Waals surface area contributed by atoms with Crippen LogP contribution in [0.25, 0.3) is 28.4 Å². The Hall–Kier alpha value is -4.66. The highest BCUT2D eigenvalue weighted by molar-refractivity contribution is 6.05. The zero-order valence-electron chi connectivity index (χ0n) is 23.6. The quantitative estimate of drug-likeness (QED) is 0.216. The molecule has 0 radical (unpaired) electrons. The minimum absolute atomic E-state index is 0.251. The van der Waals surface area contributed by atoms with Crippen LogP contribution in [0.4, 0.5) is 5.69 Å². The predicted octanol–water partition coefficient (Wildman–Crippen LogP) is 6.27. The van der Waals surface area contributed by atoms with Gasteiger partial charge < -0.3 is 24.7 Å². The molecule has 2 aliphatic carbocycles. The number of nitrogens with one attached hydrogen (secondary N) is 2. The zero-order valence-corrected chi connectivity index (χ0v) is 23.6. The summed E-state index contributed by atoms with van der Waals surface area (Å²) < 4.78 is 7.43. The minimum Gasteiger partial charge on any atom is -0.478 e. The molecule has 2 aromatic carbocycles. The Morgan fingerprint density at radius 3 is 2.45 bits per heavy atom. The average Bonchev–Trinajstić information content (AvgIpc) is 3.80. The van der Waals surface area contributed by atoms with Gasteiger partial charge in [-0.3, -0.25) is 9.59 Å². The predicted molar refractivity (Wildman–Crippen MR) is 160 cm³/mol. The van der Waals surface area contributed by atoms with Crippen LogP contribution < -0.4 is 10.6 Å². The maximum Gasteiger partial charge on any atom is 0.328 e. The second-order valence-electron chi connectivity index (χ2n) is 11.4. The van der Waals surface area contributed by atoms with Gasteiger partial charge in [0.2, 0.25) is 5.91 Å². The summed E-state index contributed by atoms with van der Waals surface area (Å²) in [6, 6.07) is 12.7. The van der Waals surface area contributed by atoms with E-state index in [1.165, 1.54) is 30.9 Å². The number of aromatic nitrogens is 2. The van der Waals surface area contributed by atoms with Gasteiger partial charge in [-0.05, 0) is 73.1 Å². The summed E-state index contributed by atoms with van der Waals surface area (Å²) in [4.78, 5) is 42.5. The lowest BCUT2D eigenvalue weighted by Gasteiger charge is -2.29. The molecule has 2 fully saturated rings. The van der Waals surface area contributed by atoms with Gasteiger partial charge in [0.25, 0.3) is 5.91 Å². The number of aryl methyl sites for hydroxylation is 1. The van der Waals surface area contributed by atoms with Crippen molar-refractivity contribution in [1.82, 2.24) is 14.9 Å². The molecule has 9 nitrogen and oxygen atoms in total. The van der Waals surface area contributed by atoms with E-state index in [4.69, 9.17) is 9.52 Å². The van der Waals surface area contributed by atoms with Gasteiger partial charge in [-0.15, -0.1) is 0 Å². The molecule has 0 unspecified atom stereocenters. The van der Waals surface area contributed by atoms with Crippen LogP contribution >= 0.6 is 0 Å². The van der Waals surface area contributed by atoms with Crippen LogP contribution in [0.15, 0.2) is 65.6 Å². The number of fused-ring (bicyclic) bond motifs is 1. The molecule has 216 valence electrons. The fourth-order valence-electron chi connectivity index (χ4n) is 6.65. The van der Waals surface area contributed by atoms with Crippen molar-refractivity contribution in [2.24, 2.45) is 7.05 Å². The fourth-order valence-corrected chi connectivity index (χ4v) is 6.65. The summed E-state index contributed by atoms with van der Waals surface area (Å²) in [5.74, 6) is -1.12. The Kier molecular flexibility index (Phi) is 7.41. The number of carbonyl (C=O) groups excluding carboxylic acids is 2. The number of carboxylic acid groups (broad SMARTS) is 1. The zero-order chi connectivity index (χ0) is 29.3. The third kappa shape index (κ3) is 5.22. The Morgan fingerprint density at radius 1 is 1.05 bits per heavy atom. The van der Waals surface area contributed by atoms with Crippen molar-refractivity contribution in [2.75, 3.05) is 5.32 Å². The van der Waals surface area contributed by atoms with Gasteiger partial charge in [0.05, 0.1) is 5.69 Å². The van der Waals surface area contributed by atoms with Crippen LogP contribution in [0, 0.1) is 0 Å². The summed E-state index contributed by atoms with van der Waals surface area (Å²) in [7, 11) is 2.00. The van der Waals surface area contributed by atoms with E-state index in [0.29, 0.717) is 35.6 Å². The first kappa shape index (κ1) is 27.5. The molecule has 2 aromatic heterocycles. The number of aliphatic carboxylic acids is 1. The maximum atomic E-state index is 13.7. The number of carboxylic acids is 1. The van der Waals surface area contributed by atoms with Gasteiger partial charge in [-0.2, -0.15) is 0 Å². The first-order valence-corrected chi connectivity index (χ1v) is 14.5. The van der Waals surface area contributed by atoms with E-state index in [9.17, 15) is 14.4 Å². The fraction of sp³-hybridized carbons (Fsp3) is 0.333. The topological polar surface area (TPSA) is 126 Å². The summed E-state index contributed by atoms with van der Waals surface area (Å²) in [5, 5.41) is 16.0. The third-order valence-corrected chi connectivity index (χ3v) is 8.77. The van der Waals surface area contributed by atoms with Gasteiger partial charge in [0.15, 0.2) is 6.39 Å². The third-order valence-electron chi connectivity index (χ3n) is 8.77. The van der Waals surface area contributed by atoms with Crippen molar-refractivity contribution in [3.63, 3.8) is 0 Å². The summed E-state index contributed by atoms with van der Waals surface area (Å²) in [6.07, 6.45) is 13.1.